The number of hydrogen-bond acceptors (Lipinski definition) is 5. The van der Waals surface area contributed by atoms with Crippen molar-refractivity contribution in [3.05, 3.63) is 35.4 Å². The fourth-order valence-corrected chi connectivity index (χ4v) is 3.25. The van der Waals surface area contributed by atoms with Gasteiger partial charge in [0, 0.05) is 12.6 Å². The molecule has 0 bridgehead atoms. The highest BCUT2D eigenvalue weighted by atomic mass is 32.2. The lowest BCUT2D eigenvalue weighted by atomic mass is 10.1. The van der Waals surface area contributed by atoms with Crippen LogP contribution < -0.4 is 11.1 Å². The molecule has 1 aromatic heterocycles. The van der Waals surface area contributed by atoms with E-state index in [0.717, 1.165) is 16.0 Å². The molecule has 0 saturated heterocycles. The molecule has 0 fully saturated rings. The van der Waals surface area contributed by atoms with Crippen molar-refractivity contribution in [3.63, 3.8) is 0 Å². The van der Waals surface area contributed by atoms with Crippen molar-refractivity contribution in [2.24, 2.45) is 0 Å². The van der Waals surface area contributed by atoms with E-state index in [4.69, 9.17) is 5.73 Å². The lowest BCUT2D eigenvalue weighted by Crippen LogP contribution is -2.05. The zero-order valence-corrected chi connectivity index (χ0v) is 11.9. The van der Waals surface area contributed by atoms with Crippen LogP contribution in [0.1, 0.15) is 5.56 Å². The SMILES string of the molecule is CSc1c(N)nsc1NCCc1cc(F)cc(F)c1. The quantitative estimate of drug-likeness (QED) is 0.831. The Bertz CT molecular complexity index is 552. The number of hydrogen-bond donors (Lipinski definition) is 2. The van der Waals surface area contributed by atoms with Gasteiger partial charge in [0.2, 0.25) is 0 Å². The maximum absolute atomic E-state index is 13.0. The molecule has 0 spiro atoms. The Labute approximate surface area is 118 Å². The summed E-state index contributed by atoms with van der Waals surface area (Å²) in [6, 6.07) is 3.54. The Morgan fingerprint density at radius 2 is 2.00 bits per heavy atom. The van der Waals surface area contributed by atoms with Crippen LogP contribution in [0.4, 0.5) is 19.6 Å². The Hall–Kier alpha value is -1.34. The molecule has 0 unspecified atom stereocenters. The lowest BCUT2D eigenvalue weighted by Gasteiger charge is -2.06. The third kappa shape index (κ3) is 3.57. The van der Waals surface area contributed by atoms with Crippen molar-refractivity contribution in [3.8, 4) is 0 Å². The molecule has 0 atom stereocenters. The van der Waals surface area contributed by atoms with Gasteiger partial charge >= 0.3 is 0 Å². The van der Waals surface area contributed by atoms with Gasteiger partial charge < -0.3 is 11.1 Å². The molecule has 2 aromatic rings. The molecule has 2 rings (SSSR count). The minimum atomic E-state index is -0.554. The van der Waals surface area contributed by atoms with Gasteiger partial charge in [-0.15, -0.1) is 11.8 Å². The summed E-state index contributed by atoms with van der Waals surface area (Å²) < 4.78 is 30.1. The van der Waals surface area contributed by atoms with Gasteiger partial charge in [-0.25, -0.2) is 8.78 Å². The van der Waals surface area contributed by atoms with Crippen molar-refractivity contribution in [1.82, 2.24) is 4.37 Å². The van der Waals surface area contributed by atoms with E-state index in [1.54, 1.807) is 0 Å². The molecular weight excluding hydrogens is 288 g/mol. The summed E-state index contributed by atoms with van der Waals surface area (Å²) in [6.45, 7) is 0.568. The second-order valence-corrected chi connectivity index (χ2v) is 5.47. The van der Waals surface area contributed by atoms with E-state index in [1.165, 1.54) is 35.4 Å². The first-order valence-electron chi connectivity index (χ1n) is 5.58. The summed E-state index contributed by atoms with van der Waals surface area (Å²) in [5.41, 5.74) is 6.33. The Balaban J connectivity index is 1.96. The van der Waals surface area contributed by atoms with Gasteiger partial charge in [0.05, 0.1) is 4.90 Å². The van der Waals surface area contributed by atoms with Gasteiger partial charge in [0.1, 0.15) is 16.6 Å². The van der Waals surface area contributed by atoms with Crippen molar-refractivity contribution >= 4 is 34.1 Å². The van der Waals surface area contributed by atoms with Crippen LogP contribution in [0.5, 0.6) is 0 Å². The predicted octanol–water partition coefficient (Wildman–Crippen LogP) is 3.38. The highest BCUT2D eigenvalue weighted by Gasteiger charge is 2.09. The molecule has 0 saturated carbocycles. The summed E-state index contributed by atoms with van der Waals surface area (Å²) in [5, 5.41) is 4.07. The zero-order valence-electron chi connectivity index (χ0n) is 10.2. The fourth-order valence-electron chi connectivity index (χ4n) is 1.68. The molecule has 19 heavy (non-hydrogen) atoms. The van der Waals surface area contributed by atoms with Crippen LogP contribution in [0.2, 0.25) is 0 Å². The van der Waals surface area contributed by atoms with Gasteiger partial charge in [-0.05, 0) is 41.9 Å². The molecule has 0 amide bonds. The average molecular weight is 301 g/mol. The number of thioether (sulfide) groups is 1. The summed E-state index contributed by atoms with van der Waals surface area (Å²) in [4.78, 5) is 0.912. The minimum Gasteiger partial charge on any atom is -0.382 e. The summed E-state index contributed by atoms with van der Waals surface area (Å²) in [7, 11) is 0. The number of nitrogens with zero attached hydrogens (tertiary/aromatic N) is 1. The summed E-state index contributed by atoms with van der Waals surface area (Å²) in [5.74, 6) is -0.597. The van der Waals surface area contributed by atoms with Gasteiger partial charge in [0.25, 0.3) is 0 Å². The highest BCUT2D eigenvalue weighted by molar-refractivity contribution is 7.99. The lowest BCUT2D eigenvalue weighted by molar-refractivity contribution is 0.580. The average Bonchev–Trinajstić information content (AvgIpc) is 2.69. The molecule has 0 radical (unpaired) electrons. The van der Waals surface area contributed by atoms with E-state index in [1.807, 2.05) is 6.26 Å². The fraction of sp³-hybridized carbons (Fsp3) is 0.250. The molecule has 7 heteroatoms. The van der Waals surface area contributed by atoms with Crippen molar-refractivity contribution in [2.45, 2.75) is 11.3 Å². The molecule has 1 aromatic carbocycles. The van der Waals surface area contributed by atoms with E-state index in [0.29, 0.717) is 24.3 Å². The molecule has 0 aliphatic carbocycles. The molecular formula is C12H13F2N3S2. The van der Waals surface area contributed by atoms with Gasteiger partial charge in [-0.1, -0.05) is 0 Å². The van der Waals surface area contributed by atoms with Crippen LogP contribution in [0.25, 0.3) is 0 Å². The molecule has 3 nitrogen and oxygen atoms in total. The van der Waals surface area contributed by atoms with Crippen LogP contribution in [-0.2, 0) is 6.42 Å². The number of halogens is 2. The monoisotopic (exact) mass is 301 g/mol. The van der Waals surface area contributed by atoms with E-state index in [2.05, 4.69) is 9.69 Å². The first kappa shape index (κ1) is 14.1. The molecule has 1 heterocycles. The number of aromatic nitrogens is 1. The second-order valence-electron chi connectivity index (χ2n) is 3.88. The predicted molar refractivity (Wildman–Crippen MR) is 76.9 cm³/mol. The summed E-state index contributed by atoms with van der Waals surface area (Å²) >= 11 is 2.81. The Morgan fingerprint density at radius 1 is 1.32 bits per heavy atom. The maximum Gasteiger partial charge on any atom is 0.153 e. The maximum atomic E-state index is 13.0. The van der Waals surface area contributed by atoms with Gasteiger partial charge in [0.15, 0.2) is 5.82 Å². The number of nitrogen functional groups attached to an aromatic ring is 1. The number of benzene rings is 1. The summed E-state index contributed by atoms with van der Waals surface area (Å²) in [6.07, 6.45) is 2.45. The first-order valence-corrected chi connectivity index (χ1v) is 7.58. The Kier molecular flexibility index (Phi) is 4.60. The smallest absolute Gasteiger partial charge is 0.153 e. The number of anilines is 2. The number of nitrogens with one attached hydrogen (secondary N) is 1. The normalized spacial score (nSPS) is 10.7. The van der Waals surface area contributed by atoms with Crippen LogP contribution in [-0.4, -0.2) is 17.2 Å². The number of rotatable bonds is 5. The molecule has 3 N–H and O–H groups in total. The van der Waals surface area contributed by atoms with Crippen molar-refractivity contribution in [1.29, 1.82) is 0 Å². The molecule has 0 aliphatic rings. The number of nitrogens with two attached hydrogens (primary N) is 1. The Morgan fingerprint density at radius 3 is 2.63 bits per heavy atom. The zero-order chi connectivity index (χ0) is 13.8. The van der Waals surface area contributed by atoms with Crippen LogP contribution >= 0.6 is 23.3 Å². The largest absolute Gasteiger partial charge is 0.382 e. The van der Waals surface area contributed by atoms with E-state index in [-0.39, 0.29) is 0 Å². The van der Waals surface area contributed by atoms with Crippen LogP contribution in [0.3, 0.4) is 0 Å². The van der Waals surface area contributed by atoms with Crippen molar-refractivity contribution < 1.29 is 8.78 Å². The minimum absolute atomic E-state index is 0.511. The van der Waals surface area contributed by atoms with E-state index < -0.39 is 11.6 Å². The first-order chi connectivity index (χ1) is 9.10. The molecule has 0 aliphatic heterocycles. The van der Waals surface area contributed by atoms with E-state index >= 15 is 0 Å². The third-order valence-corrected chi connectivity index (χ3v) is 4.27. The van der Waals surface area contributed by atoms with Gasteiger partial charge in [-0.3, -0.25) is 0 Å². The second kappa shape index (κ2) is 6.21. The topological polar surface area (TPSA) is 50.9 Å². The van der Waals surface area contributed by atoms with Gasteiger partial charge in [-0.2, -0.15) is 4.37 Å². The van der Waals surface area contributed by atoms with Crippen LogP contribution in [0, 0.1) is 11.6 Å². The highest BCUT2D eigenvalue weighted by Crippen LogP contribution is 2.34. The van der Waals surface area contributed by atoms with Crippen molar-refractivity contribution in [2.75, 3.05) is 23.9 Å². The van der Waals surface area contributed by atoms with Crippen LogP contribution in [0.15, 0.2) is 23.1 Å². The third-order valence-electron chi connectivity index (χ3n) is 2.50. The van der Waals surface area contributed by atoms with E-state index in [9.17, 15) is 8.78 Å². The standard InChI is InChI=1S/C12H13F2N3S2/c1-18-10-11(15)17-19-12(10)16-3-2-7-4-8(13)6-9(14)5-7/h4-6,16H,2-3H2,1H3,(H2,15,17). The molecule has 102 valence electrons.